The number of hydrogen-bond acceptors (Lipinski definition) is 4. The smallest absolute Gasteiger partial charge is 0.267 e. The molecule has 1 heterocycles. The number of nitrogens with zero attached hydrogens (tertiary/aromatic N) is 2. The van der Waals surface area contributed by atoms with Crippen molar-refractivity contribution in [3.63, 3.8) is 0 Å². The lowest BCUT2D eigenvalue weighted by atomic mass is 10.0. The zero-order chi connectivity index (χ0) is 19.4. The zero-order valence-corrected chi connectivity index (χ0v) is 16.8. The molecule has 6 heteroatoms. The average Bonchev–Trinajstić information content (AvgIpc) is 3.01. The summed E-state index contributed by atoms with van der Waals surface area (Å²) in [6, 6.07) is 19.7. The van der Waals surface area contributed by atoms with Crippen LogP contribution in [0.3, 0.4) is 0 Å². The first-order chi connectivity index (χ1) is 13.0. The van der Waals surface area contributed by atoms with Gasteiger partial charge in [0.2, 0.25) is 0 Å². The SMILES string of the molecule is COc1c(C(=O)N(C)C)sc(Cl)c1N=C(c1ccccc1)c1ccccc1. The molecule has 0 aliphatic heterocycles. The number of hydrogen-bond donors (Lipinski definition) is 0. The summed E-state index contributed by atoms with van der Waals surface area (Å²) in [6.45, 7) is 0. The Kier molecular flexibility index (Phi) is 5.94. The van der Waals surface area contributed by atoms with E-state index in [0.29, 0.717) is 20.7 Å². The van der Waals surface area contributed by atoms with Gasteiger partial charge in [-0.05, 0) is 0 Å². The molecule has 0 bridgehead atoms. The lowest BCUT2D eigenvalue weighted by Crippen LogP contribution is -2.21. The molecular formula is C21H19ClN2O2S. The minimum absolute atomic E-state index is 0.166. The summed E-state index contributed by atoms with van der Waals surface area (Å²) < 4.78 is 5.93. The molecule has 0 atom stereocenters. The van der Waals surface area contributed by atoms with Crippen molar-refractivity contribution in [3.05, 3.63) is 81.0 Å². The van der Waals surface area contributed by atoms with Gasteiger partial charge in [0.1, 0.15) is 14.9 Å². The maximum atomic E-state index is 12.5. The van der Waals surface area contributed by atoms with E-state index < -0.39 is 0 Å². The molecule has 0 radical (unpaired) electrons. The summed E-state index contributed by atoms with van der Waals surface area (Å²) in [6.07, 6.45) is 0. The monoisotopic (exact) mass is 398 g/mol. The Hall–Kier alpha value is -2.63. The number of ether oxygens (including phenoxy) is 1. The number of aliphatic imine (C=N–C) groups is 1. The second-order valence-electron chi connectivity index (χ2n) is 5.98. The van der Waals surface area contributed by atoms with Gasteiger partial charge in [-0.2, -0.15) is 0 Å². The highest BCUT2D eigenvalue weighted by Crippen LogP contribution is 2.46. The maximum absolute atomic E-state index is 12.5. The van der Waals surface area contributed by atoms with Gasteiger partial charge in [0.05, 0.1) is 12.8 Å². The highest BCUT2D eigenvalue weighted by atomic mass is 35.5. The van der Waals surface area contributed by atoms with E-state index >= 15 is 0 Å². The Morgan fingerprint density at radius 1 is 1.00 bits per heavy atom. The summed E-state index contributed by atoms with van der Waals surface area (Å²) in [5.41, 5.74) is 3.14. The van der Waals surface area contributed by atoms with Crippen LogP contribution in [0.5, 0.6) is 5.75 Å². The summed E-state index contributed by atoms with van der Waals surface area (Å²) in [4.78, 5) is 19.2. The second kappa shape index (κ2) is 8.37. The van der Waals surface area contributed by atoms with E-state index in [4.69, 9.17) is 21.3 Å². The molecule has 0 aliphatic rings. The average molecular weight is 399 g/mol. The Bertz CT molecular complexity index is 925. The van der Waals surface area contributed by atoms with Crippen molar-refractivity contribution in [3.8, 4) is 5.75 Å². The molecule has 1 amide bonds. The van der Waals surface area contributed by atoms with Gasteiger partial charge in [-0.15, -0.1) is 11.3 Å². The van der Waals surface area contributed by atoms with Crippen LogP contribution in [0.1, 0.15) is 20.8 Å². The molecule has 0 saturated heterocycles. The third-order valence-electron chi connectivity index (χ3n) is 3.92. The summed E-state index contributed by atoms with van der Waals surface area (Å²) in [5, 5.41) is 0. The molecule has 27 heavy (non-hydrogen) atoms. The highest BCUT2D eigenvalue weighted by molar-refractivity contribution is 7.19. The molecule has 0 fully saturated rings. The van der Waals surface area contributed by atoms with Gasteiger partial charge in [0, 0.05) is 25.2 Å². The minimum Gasteiger partial charge on any atom is -0.493 e. The normalized spacial score (nSPS) is 10.4. The van der Waals surface area contributed by atoms with Crippen LogP contribution in [-0.2, 0) is 0 Å². The molecule has 4 nitrogen and oxygen atoms in total. The van der Waals surface area contributed by atoms with Crippen molar-refractivity contribution >= 4 is 40.2 Å². The van der Waals surface area contributed by atoms with Gasteiger partial charge >= 0.3 is 0 Å². The van der Waals surface area contributed by atoms with Gasteiger partial charge in [-0.1, -0.05) is 72.3 Å². The molecular weight excluding hydrogens is 380 g/mol. The summed E-state index contributed by atoms with van der Waals surface area (Å²) in [7, 11) is 4.91. The number of rotatable bonds is 5. The standard InChI is InChI=1S/C21H19ClN2O2S/c1-24(2)21(25)19-18(26-3)17(20(22)27-19)23-16(14-10-6-4-7-11-14)15-12-8-5-9-13-15/h4-13H,1-3H3. The fourth-order valence-corrected chi connectivity index (χ4v) is 3.93. The van der Waals surface area contributed by atoms with Crippen molar-refractivity contribution in [2.45, 2.75) is 0 Å². The van der Waals surface area contributed by atoms with E-state index in [9.17, 15) is 4.79 Å². The molecule has 0 unspecified atom stereocenters. The third-order valence-corrected chi connectivity index (χ3v) is 5.27. The summed E-state index contributed by atoms with van der Waals surface area (Å²) >= 11 is 7.63. The molecule has 0 aliphatic carbocycles. The van der Waals surface area contributed by atoms with Crippen molar-refractivity contribution in [1.82, 2.24) is 4.90 Å². The summed E-state index contributed by atoms with van der Waals surface area (Å²) in [5.74, 6) is 0.231. The molecule has 3 aromatic rings. The predicted molar refractivity (Wildman–Crippen MR) is 112 cm³/mol. The number of halogens is 1. The lowest BCUT2D eigenvalue weighted by molar-refractivity contribution is 0.0829. The van der Waals surface area contributed by atoms with Crippen LogP contribution in [0.4, 0.5) is 5.69 Å². The van der Waals surface area contributed by atoms with Crippen molar-refractivity contribution < 1.29 is 9.53 Å². The second-order valence-corrected chi connectivity index (χ2v) is 7.60. The number of methoxy groups -OCH3 is 1. The largest absolute Gasteiger partial charge is 0.493 e. The van der Waals surface area contributed by atoms with E-state index in [1.807, 2.05) is 60.7 Å². The predicted octanol–water partition coefficient (Wildman–Crippen LogP) is 5.28. The van der Waals surface area contributed by atoms with Crippen molar-refractivity contribution in [2.75, 3.05) is 21.2 Å². The van der Waals surface area contributed by atoms with E-state index in [-0.39, 0.29) is 5.91 Å². The molecule has 2 aromatic carbocycles. The van der Waals surface area contributed by atoms with E-state index in [0.717, 1.165) is 16.8 Å². The van der Waals surface area contributed by atoms with E-state index in [1.165, 1.54) is 23.3 Å². The zero-order valence-electron chi connectivity index (χ0n) is 15.3. The Balaban J connectivity index is 2.21. The number of thiophene rings is 1. The molecule has 3 rings (SSSR count). The molecule has 0 spiro atoms. The molecule has 0 saturated carbocycles. The van der Waals surface area contributed by atoms with Crippen LogP contribution in [0.25, 0.3) is 0 Å². The van der Waals surface area contributed by atoms with Gasteiger partial charge < -0.3 is 9.64 Å². The van der Waals surface area contributed by atoms with Gasteiger partial charge in [0.25, 0.3) is 5.91 Å². The Morgan fingerprint density at radius 3 is 1.96 bits per heavy atom. The van der Waals surface area contributed by atoms with Crippen LogP contribution < -0.4 is 4.74 Å². The van der Waals surface area contributed by atoms with Crippen LogP contribution in [0, 0.1) is 0 Å². The fraction of sp³-hybridized carbons (Fsp3) is 0.143. The van der Waals surface area contributed by atoms with Gasteiger partial charge in [-0.3, -0.25) is 4.79 Å². The van der Waals surface area contributed by atoms with Gasteiger partial charge in [0.15, 0.2) is 5.75 Å². The van der Waals surface area contributed by atoms with Crippen LogP contribution in [0.2, 0.25) is 4.34 Å². The van der Waals surface area contributed by atoms with Crippen molar-refractivity contribution in [2.24, 2.45) is 4.99 Å². The Morgan fingerprint density at radius 2 is 1.52 bits per heavy atom. The number of amides is 1. The van der Waals surface area contributed by atoms with Gasteiger partial charge in [-0.25, -0.2) is 4.99 Å². The topological polar surface area (TPSA) is 41.9 Å². The van der Waals surface area contributed by atoms with E-state index in [2.05, 4.69) is 0 Å². The molecule has 138 valence electrons. The van der Waals surface area contributed by atoms with E-state index in [1.54, 1.807) is 14.1 Å². The maximum Gasteiger partial charge on any atom is 0.267 e. The minimum atomic E-state index is -0.166. The molecule has 1 aromatic heterocycles. The van der Waals surface area contributed by atoms with Crippen LogP contribution >= 0.6 is 22.9 Å². The number of carbonyl (C=O) groups is 1. The third kappa shape index (κ3) is 4.04. The first-order valence-corrected chi connectivity index (χ1v) is 9.49. The highest BCUT2D eigenvalue weighted by Gasteiger charge is 2.25. The number of carbonyl (C=O) groups excluding carboxylic acids is 1. The molecule has 0 N–H and O–H groups in total. The first kappa shape index (κ1) is 19.1. The quantitative estimate of drug-likeness (QED) is 0.548. The Labute approximate surface area is 167 Å². The lowest BCUT2D eigenvalue weighted by Gasteiger charge is -2.11. The van der Waals surface area contributed by atoms with Crippen LogP contribution in [-0.4, -0.2) is 37.7 Å². The first-order valence-electron chi connectivity index (χ1n) is 8.30. The van der Waals surface area contributed by atoms with Crippen molar-refractivity contribution in [1.29, 1.82) is 0 Å². The van der Waals surface area contributed by atoms with Crippen LogP contribution in [0.15, 0.2) is 65.7 Å². The number of benzene rings is 2. The fourth-order valence-electron chi connectivity index (χ4n) is 2.61.